The smallest absolute Gasteiger partial charge is 0.261 e. The third-order valence-corrected chi connectivity index (χ3v) is 4.39. The maximum Gasteiger partial charge on any atom is 0.261 e. The van der Waals surface area contributed by atoms with Crippen LogP contribution in [0.25, 0.3) is 11.3 Å². The number of carbonyl (C=O) groups excluding carboxylic acids is 1. The van der Waals surface area contributed by atoms with Crippen molar-refractivity contribution >= 4 is 5.91 Å². The van der Waals surface area contributed by atoms with Crippen molar-refractivity contribution in [3.8, 4) is 11.3 Å². The highest BCUT2D eigenvalue weighted by atomic mass is 16.2. The number of nitrogens with zero attached hydrogens (tertiary/aromatic N) is 1. The second-order valence-corrected chi connectivity index (χ2v) is 6.10. The van der Waals surface area contributed by atoms with Gasteiger partial charge in [-0.25, -0.2) is 0 Å². The van der Waals surface area contributed by atoms with E-state index in [2.05, 4.69) is 22.1 Å². The van der Waals surface area contributed by atoms with Gasteiger partial charge in [-0.15, -0.1) is 0 Å². The molecule has 1 aliphatic carbocycles. The average Bonchev–Trinajstić information content (AvgIpc) is 3.44. The number of H-pyrrole nitrogens is 1. The fraction of sp³-hybridized carbons (Fsp3) is 0.368. The molecular weight excluding hydrogens is 302 g/mol. The van der Waals surface area contributed by atoms with Gasteiger partial charge in [0.1, 0.15) is 5.56 Å². The second kappa shape index (κ2) is 7.45. The van der Waals surface area contributed by atoms with E-state index >= 15 is 0 Å². The number of pyridine rings is 1. The summed E-state index contributed by atoms with van der Waals surface area (Å²) in [4.78, 5) is 29.6. The molecule has 5 heteroatoms. The van der Waals surface area contributed by atoms with Crippen LogP contribution >= 0.6 is 0 Å². The molecule has 126 valence electrons. The fourth-order valence-electron chi connectivity index (χ4n) is 2.89. The van der Waals surface area contributed by atoms with Crippen molar-refractivity contribution in [1.29, 1.82) is 0 Å². The molecule has 0 unspecified atom stereocenters. The van der Waals surface area contributed by atoms with Crippen LogP contribution in [0.4, 0.5) is 0 Å². The van der Waals surface area contributed by atoms with E-state index in [1.54, 1.807) is 12.1 Å². The zero-order chi connectivity index (χ0) is 16.9. The summed E-state index contributed by atoms with van der Waals surface area (Å²) < 4.78 is 0. The van der Waals surface area contributed by atoms with Gasteiger partial charge in [-0.2, -0.15) is 0 Å². The molecule has 0 radical (unpaired) electrons. The molecule has 1 fully saturated rings. The first-order chi connectivity index (χ1) is 11.7. The molecule has 0 aliphatic heterocycles. The van der Waals surface area contributed by atoms with Gasteiger partial charge in [0.05, 0.1) is 0 Å². The molecule has 1 aliphatic rings. The Bertz CT molecular complexity index is 751. The molecule has 0 spiro atoms. The van der Waals surface area contributed by atoms with E-state index in [9.17, 15) is 9.59 Å². The van der Waals surface area contributed by atoms with Gasteiger partial charge < -0.3 is 10.3 Å². The summed E-state index contributed by atoms with van der Waals surface area (Å²) in [6.45, 7) is 4.51. The van der Waals surface area contributed by atoms with Gasteiger partial charge in [0, 0.05) is 24.8 Å². The van der Waals surface area contributed by atoms with Gasteiger partial charge in [0.15, 0.2) is 0 Å². The van der Waals surface area contributed by atoms with E-state index in [1.807, 2.05) is 30.3 Å². The summed E-state index contributed by atoms with van der Waals surface area (Å²) in [5.74, 6) is -0.317. The fourth-order valence-corrected chi connectivity index (χ4v) is 2.89. The molecular formula is C19H23N3O2. The maximum atomic E-state index is 12.2. The first-order valence-electron chi connectivity index (χ1n) is 8.50. The Morgan fingerprint density at radius 2 is 1.96 bits per heavy atom. The third-order valence-electron chi connectivity index (χ3n) is 4.39. The highest BCUT2D eigenvalue weighted by Crippen LogP contribution is 2.25. The van der Waals surface area contributed by atoms with Crippen molar-refractivity contribution in [2.24, 2.45) is 0 Å². The SMILES string of the molecule is CCN(CCNC(=O)c1ccc(-c2ccccc2)[nH]c1=O)C1CC1. The summed E-state index contributed by atoms with van der Waals surface area (Å²) in [6, 6.07) is 13.6. The molecule has 0 saturated heterocycles. The zero-order valence-corrected chi connectivity index (χ0v) is 13.9. The van der Waals surface area contributed by atoms with Crippen molar-refractivity contribution in [1.82, 2.24) is 15.2 Å². The van der Waals surface area contributed by atoms with Gasteiger partial charge in [-0.05, 0) is 37.1 Å². The molecule has 0 atom stereocenters. The minimum Gasteiger partial charge on any atom is -0.351 e. The summed E-state index contributed by atoms with van der Waals surface area (Å²) in [7, 11) is 0. The summed E-state index contributed by atoms with van der Waals surface area (Å²) in [5, 5.41) is 2.85. The van der Waals surface area contributed by atoms with Gasteiger partial charge >= 0.3 is 0 Å². The summed E-state index contributed by atoms with van der Waals surface area (Å²) in [5.41, 5.74) is 1.43. The molecule has 3 rings (SSSR count). The Hall–Kier alpha value is -2.40. The molecule has 5 nitrogen and oxygen atoms in total. The summed E-state index contributed by atoms with van der Waals surface area (Å²) >= 11 is 0. The van der Waals surface area contributed by atoms with Crippen molar-refractivity contribution in [3.05, 3.63) is 58.4 Å². The molecule has 2 aromatic rings. The first kappa shape index (κ1) is 16.5. The highest BCUT2D eigenvalue weighted by molar-refractivity contribution is 5.94. The van der Waals surface area contributed by atoms with E-state index in [0.717, 1.165) is 18.7 Å². The van der Waals surface area contributed by atoms with E-state index in [4.69, 9.17) is 0 Å². The van der Waals surface area contributed by atoms with Crippen LogP contribution in [-0.2, 0) is 0 Å². The lowest BCUT2D eigenvalue weighted by Gasteiger charge is -2.19. The van der Waals surface area contributed by atoms with Crippen LogP contribution in [-0.4, -0.2) is 41.5 Å². The molecule has 2 N–H and O–H groups in total. The van der Waals surface area contributed by atoms with E-state index < -0.39 is 0 Å². The number of hydrogen-bond acceptors (Lipinski definition) is 3. The predicted octanol–water partition coefficient (Wildman–Crippen LogP) is 2.26. The molecule has 1 amide bonds. The summed E-state index contributed by atoms with van der Waals surface area (Å²) in [6.07, 6.45) is 2.50. The number of aromatic nitrogens is 1. The highest BCUT2D eigenvalue weighted by Gasteiger charge is 2.27. The van der Waals surface area contributed by atoms with E-state index in [-0.39, 0.29) is 17.0 Å². The van der Waals surface area contributed by atoms with Crippen LogP contribution in [0.3, 0.4) is 0 Å². The predicted molar refractivity (Wildman–Crippen MR) is 95.1 cm³/mol. The third kappa shape index (κ3) is 3.92. The number of carbonyl (C=O) groups is 1. The normalized spacial score (nSPS) is 13.9. The van der Waals surface area contributed by atoms with Crippen molar-refractivity contribution in [2.75, 3.05) is 19.6 Å². The van der Waals surface area contributed by atoms with E-state index in [1.165, 1.54) is 12.8 Å². The first-order valence-corrected chi connectivity index (χ1v) is 8.50. The maximum absolute atomic E-state index is 12.2. The second-order valence-electron chi connectivity index (χ2n) is 6.10. The minimum absolute atomic E-state index is 0.157. The van der Waals surface area contributed by atoms with Gasteiger partial charge in [-0.1, -0.05) is 37.3 Å². The molecule has 0 bridgehead atoms. The van der Waals surface area contributed by atoms with Crippen molar-refractivity contribution < 1.29 is 4.79 Å². The van der Waals surface area contributed by atoms with Gasteiger partial charge in [0.2, 0.25) is 0 Å². The van der Waals surface area contributed by atoms with Crippen LogP contribution < -0.4 is 10.9 Å². The Labute approximate surface area is 141 Å². The van der Waals surface area contributed by atoms with Crippen molar-refractivity contribution in [2.45, 2.75) is 25.8 Å². The Morgan fingerprint density at radius 1 is 1.21 bits per heavy atom. The molecule has 1 saturated carbocycles. The topological polar surface area (TPSA) is 65.2 Å². The number of rotatable bonds is 7. The number of nitrogens with one attached hydrogen (secondary N) is 2. The van der Waals surface area contributed by atoms with Crippen LogP contribution in [0.2, 0.25) is 0 Å². The van der Waals surface area contributed by atoms with Gasteiger partial charge in [0.25, 0.3) is 11.5 Å². The van der Waals surface area contributed by atoms with Gasteiger partial charge in [-0.3, -0.25) is 14.5 Å². The average molecular weight is 325 g/mol. The van der Waals surface area contributed by atoms with Crippen molar-refractivity contribution in [3.63, 3.8) is 0 Å². The largest absolute Gasteiger partial charge is 0.351 e. The number of amides is 1. The van der Waals surface area contributed by atoms with Crippen LogP contribution in [0, 0.1) is 0 Å². The Kier molecular flexibility index (Phi) is 5.11. The minimum atomic E-state index is -0.358. The zero-order valence-electron chi connectivity index (χ0n) is 13.9. The number of hydrogen-bond donors (Lipinski definition) is 2. The lowest BCUT2D eigenvalue weighted by Crippen LogP contribution is -2.37. The van der Waals surface area contributed by atoms with E-state index in [0.29, 0.717) is 18.3 Å². The van der Waals surface area contributed by atoms with Crippen LogP contribution in [0.15, 0.2) is 47.3 Å². The molecule has 24 heavy (non-hydrogen) atoms. The number of benzene rings is 1. The monoisotopic (exact) mass is 325 g/mol. The van der Waals surface area contributed by atoms with Crippen LogP contribution in [0.1, 0.15) is 30.1 Å². The molecule has 1 aromatic heterocycles. The number of aromatic amines is 1. The Morgan fingerprint density at radius 3 is 2.58 bits per heavy atom. The lowest BCUT2D eigenvalue weighted by molar-refractivity contribution is 0.0946. The standard InChI is InChI=1S/C19H23N3O2/c1-2-22(15-8-9-15)13-12-20-18(23)16-10-11-17(21-19(16)24)14-6-4-3-5-7-14/h3-7,10-11,15H,2,8-9,12-13H2,1H3,(H,20,23)(H,21,24). The number of likely N-dealkylation sites (N-methyl/N-ethyl adjacent to an activating group) is 1. The lowest BCUT2D eigenvalue weighted by atomic mass is 10.1. The van der Waals surface area contributed by atoms with Crippen LogP contribution in [0.5, 0.6) is 0 Å². The molecule has 1 heterocycles. The Balaban J connectivity index is 1.61. The molecule has 1 aromatic carbocycles. The quantitative estimate of drug-likeness (QED) is 0.821.